The van der Waals surface area contributed by atoms with Crippen molar-refractivity contribution in [2.75, 3.05) is 0 Å². The van der Waals surface area contributed by atoms with Crippen LogP contribution in [0.1, 0.15) is 53.4 Å². The minimum absolute atomic E-state index is 0.0542. The number of amidine groups is 1. The van der Waals surface area contributed by atoms with Gasteiger partial charge in [0.1, 0.15) is 11.4 Å². The second kappa shape index (κ2) is 4.43. The zero-order valence-electron chi connectivity index (χ0n) is 11.4. The maximum Gasteiger partial charge on any atom is 0.252 e. The average Bonchev–Trinajstić information content (AvgIpc) is 2.54. The van der Waals surface area contributed by atoms with Gasteiger partial charge in [-0.05, 0) is 51.4 Å². The minimum Gasteiger partial charge on any atom is -0.312 e. The molecule has 1 N–H and O–H groups in total. The lowest BCUT2D eigenvalue weighted by atomic mass is 9.76. The first-order valence-electron chi connectivity index (χ1n) is 6.81. The van der Waals surface area contributed by atoms with Gasteiger partial charge in [0.15, 0.2) is 0 Å². The second-order valence-electron chi connectivity index (χ2n) is 6.37. The summed E-state index contributed by atoms with van der Waals surface area (Å²) in [4.78, 5) is 16.2. The lowest BCUT2D eigenvalue weighted by Crippen LogP contribution is -2.37. The van der Waals surface area contributed by atoms with Crippen LogP contribution in [0.2, 0.25) is 0 Å². The fraction of sp³-hybridized carbons (Fsp3) is 0.857. The fourth-order valence-electron chi connectivity index (χ4n) is 2.90. The summed E-state index contributed by atoms with van der Waals surface area (Å²) < 4.78 is 0. The Morgan fingerprint density at radius 3 is 2.24 bits per heavy atom. The molecule has 0 atom stereocenters. The van der Waals surface area contributed by atoms with Crippen LogP contribution in [0.5, 0.6) is 0 Å². The number of hydrogen-bond acceptors (Lipinski definition) is 2. The van der Waals surface area contributed by atoms with Gasteiger partial charge in [-0.3, -0.25) is 9.79 Å². The van der Waals surface area contributed by atoms with E-state index in [-0.39, 0.29) is 5.91 Å². The monoisotopic (exact) mass is 236 g/mol. The summed E-state index contributed by atoms with van der Waals surface area (Å²) in [6.07, 6.45) is 4.91. The quantitative estimate of drug-likeness (QED) is 0.787. The van der Waals surface area contributed by atoms with Crippen LogP contribution in [0.25, 0.3) is 0 Å². The molecule has 0 aromatic carbocycles. The van der Waals surface area contributed by atoms with E-state index >= 15 is 0 Å². The van der Waals surface area contributed by atoms with Gasteiger partial charge in [0, 0.05) is 5.92 Å². The van der Waals surface area contributed by atoms with E-state index in [4.69, 9.17) is 0 Å². The molecule has 1 aliphatic heterocycles. The maximum absolute atomic E-state index is 11.7. The van der Waals surface area contributed by atoms with Crippen molar-refractivity contribution in [2.45, 2.75) is 58.9 Å². The Labute approximate surface area is 104 Å². The third kappa shape index (κ3) is 2.53. The van der Waals surface area contributed by atoms with Crippen molar-refractivity contribution in [3.05, 3.63) is 0 Å². The van der Waals surface area contributed by atoms with Crippen LogP contribution < -0.4 is 5.32 Å². The van der Waals surface area contributed by atoms with Gasteiger partial charge in [-0.15, -0.1) is 0 Å². The second-order valence-corrected chi connectivity index (χ2v) is 6.37. The predicted molar refractivity (Wildman–Crippen MR) is 69.9 cm³/mol. The summed E-state index contributed by atoms with van der Waals surface area (Å²) in [5.74, 6) is 3.13. The largest absolute Gasteiger partial charge is 0.312 e. The predicted octanol–water partition coefficient (Wildman–Crippen LogP) is 2.76. The van der Waals surface area contributed by atoms with E-state index in [9.17, 15) is 4.79 Å². The van der Waals surface area contributed by atoms with Gasteiger partial charge in [-0.2, -0.15) is 0 Å². The molecule has 2 aliphatic rings. The van der Waals surface area contributed by atoms with Crippen LogP contribution in [0.4, 0.5) is 0 Å². The molecule has 3 heteroatoms. The molecule has 3 nitrogen and oxygen atoms in total. The molecule has 0 spiro atoms. The smallest absolute Gasteiger partial charge is 0.252 e. The molecule has 0 aromatic heterocycles. The number of aliphatic imine (C=N–C) groups is 1. The standard InChI is InChI=1S/C14H24N2O/c1-9(2)10-5-7-11(8-6-10)12-15-13(17)14(3,4)16-12/h9-11H,5-8H2,1-4H3,(H,15,16,17). The first kappa shape index (κ1) is 12.6. The fourth-order valence-corrected chi connectivity index (χ4v) is 2.90. The van der Waals surface area contributed by atoms with Crippen molar-refractivity contribution in [3.63, 3.8) is 0 Å². The Hall–Kier alpha value is -0.860. The van der Waals surface area contributed by atoms with Gasteiger partial charge in [0.05, 0.1) is 0 Å². The first-order chi connectivity index (χ1) is 7.90. The SMILES string of the molecule is CC(C)C1CCC(C2=NC(C)(C)C(=O)N2)CC1. The van der Waals surface area contributed by atoms with Crippen LogP contribution in [-0.2, 0) is 4.79 Å². The molecule has 0 unspecified atom stereocenters. The topological polar surface area (TPSA) is 41.5 Å². The van der Waals surface area contributed by atoms with E-state index in [1.165, 1.54) is 25.7 Å². The van der Waals surface area contributed by atoms with Crippen molar-refractivity contribution in [3.8, 4) is 0 Å². The molecule has 1 fully saturated rings. The number of hydrogen-bond donors (Lipinski definition) is 1. The zero-order chi connectivity index (χ0) is 12.6. The van der Waals surface area contributed by atoms with Crippen LogP contribution in [0, 0.1) is 17.8 Å². The van der Waals surface area contributed by atoms with Crippen molar-refractivity contribution in [2.24, 2.45) is 22.7 Å². The molecule has 17 heavy (non-hydrogen) atoms. The third-order valence-corrected chi connectivity index (χ3v) is 4.30. The summed E-state index contributed by atoms with van der Waals surface area (Å²) >= 11 is 0. The number of rotatable bonds is 2. The molecule has 0 bridgehead atoms. The lowest BCUT2D eigenvalue weighted by molar-refractivity contribution is -0.122. The van der Waals surface area contributed by atoms with Crippen LogP contribution >= 0.6 is 0 Å². The summed E-state index contributed by atoms with van der Waals surface area (Å²) in [6.45, 7) is 8.39. The molecule has 1 saturated carbocycles. The first-order valence-corrected chi connectivity index (χ1v) is 6.81. The van der Waals surface area contributed by atoms with E-state index in [0.29, 0.717) is 5.92 Å². The Kier molecular flexibility index (Phi) is 3.28. The van der Waals surface area contributed by atoms with E-state index in [0.717, 1.165) is 17.7 Å². The Morgan fingerprint density at radius 2 is 1.82 bits per heavy atom. The average molecular weight is 236 g/mol. The van der Waals surface area contributed by atoms with Gasteiger partial charge in [-0.1, -0.05) is 13.8 Å². The van der Waals surface area contributed by atoms with Crippen LogP contribution in [0.15, 0.2) is 4.99 Å². The molecular formula is C14H24N2O. The lowest BCUT2D eigenvalue weighted by Gasteiger charge is -2.30. The summed E-state index contributed by atoms with van der Waals surface area (Å²) in [7, 11) is 0. The number of carbonyl (C=O) groups excluding carboxylic acids is 1. The molecule has 1 aliphatic carbocycles. The Balaban J connectivity index is 1.97. The normalized spacial score (nSPS) is 32.5. The molecule has 0 saturated heterocycles. The number of nitrogens with zero attached hydrogens (tertiary/aromatic N) is 1. The van der Waals surface area contributed by atoms with Crippen LogP contribution in [-0.4, -0.2) is 17.3 Å². The van der Waals surface area contributed by atoms with Crippen molar-refractivity contribution < 1.29 is 4.79 Å². The Bertz CT molecular complexity index is 336. The highest BCUT2D eigenvalue weighted by atomic mass is 16.2. The third-order valence-electron chi connectivity index (χ3n) is 4.30. The minimum atomic E-state index is -0.551. The zero-order valence-corrected chi connectivity index (χ0v) is 11.4. The van der Waals surface area contributed by atoms with E-state index in [2.05, 4.69) is 24.2 Å². The van der Waals surface area contributed by atoms with E-state index in [1.54, 1.807) is 0 Å². The van der Waals surface area contributed by atoms with Crippen molar-refractivity contribution in [1.29, 1.82) is 0 Å². The van der Waals surface area contributed by atoms with Gasteiger partial charge < -0.3 is 5.32 Å². The molecule has 0 aromatic rings. The van der Waals surface area contributed by atoms with Crippen LogP contribution in [0.3, 0.4) is 0 Å². The van der Waals surface area contributed by atoms with E-state index in [1.807, 2.05) is 13.8 Å². The van der Waals surface area contributed by atoms with Gasteiger partial charge >= 0.3 is 0 Å². The highest BCUT2D eigenvalue weighted by Crippen LogP contribution is 2.34. The number of amides is 1. The van der Waals surface area contributed by atoms with E-state index < -0.39 is 5.54 Å². The molecule has 2 rings (SSSR count). The molecular weight excluding hydrogens is 212 g/mol. The highest BCUT2D eigenvalue weighted by Gasteiger charge is 2.37. The number of carbonyl (C=O) groups is 1. The van der Waals surface area contributed by atoms with Gasteiger partial charge in [-0.25, -0.2) is 0 Å². The molecule has 0 radical (unpaired) electrons. The summed E-state index contributed by atoms with van der Waals surface area (Å²) in [5.41, 5.74) is -0.551. The summed E-state index contributed by atoms with van der Waals surface area (Å²) in [6, 6.07) is 0. The molecule has 1 amide bonds. The summed E-state index contributed by atoms with van der Waals surface area (Å²) in [5, 5.41) is 2.97. The van der Waals surface area contributed by atoms with Crippen molar-refractivity contribution >= 4 is 11.7 Å². The molecule has 1 heterocycles. The van der Waals surface area contributed by atoms with Crippen molar-refractivity contribution in [1.82, 2.24) is 5.32 Å². The van der Waals surface area contributed by atoms with Gasteiger partial charge in [0.2, 0.25) is 0 Å². The number of nitrogens with one attached hydrogen (secondary N) is 1. The Morgan fingerprint density at radius 1 is 1.24 bits per heavy atom. The highest BCUT2D eigenvalue weighted by molar-refractivity contribution is 6.08. The molecule has 96 valence electrons. The maximum atomic E-state index is 11.7. The van der Waals surface area contributed by atoms with Gasteiger partial charge in [0.25, 0.3) is 5.91 Å².